The van der Waals surface area contributed by atoms with Gasteiger partial charge < -0.3 is 15.0 Å². The standard InChI is InChI=1S/C18H26N2O3/c1-13-12-14(9-10-16(13)23-3)15-6-5-11-20(15)18(22)8-4-7-17(21)19-2/h9-10,12,15H,4-8,11H2,1-3H3,(H,19,21). The van der Waals surface area contributed by atoms with Crippen LogP contribution in [-0.2, 0) is 9.59 Å². The number of hydrogen-bond donors (Lipinski definition) is 1. The van der Waals surface area contributed by atoms with Gasteiger partial charge in [-0.1, -0.05) is 12.1 Å². The molecule has 1 aliphatic heterocycles. The number of carbonyl (C=O) groups is 2. The van der Waals surface area contributed by atoms with Crippen LogP contribution in [0.25, 0.3) is 0 Å². The number of nitrogens with zero attached hydrogens (tertiary/aromatic N) is 1. The van der Waals surface area contributed by atoms with Crippen LogP contribution in [0.15, 0.2) is 18.2 Å². The van der Waals surface area contributed by atoms with Crippen LogP contribution in [0.3, 0.4) is 0 Å². The molecule has 1 heterocycles. The van der Waals surface area contributed by atoms with E-state index in [1.54, 1.807) is 14.2 Å². The molecule has 0 bridgehead atoms. The van der Waals surface area contributed by atoms with Gasteiger partial charge in [0.1, 0.15) is 5.75 Å². The monoisotopic (exact) mass is 318 g/mol. The lowest BCUT2D eigenvalue weighted by Gasteiger charge is -2.25. The highest BCUT2D eigenvalue weighted by molar-refractivity contribution is 5.79. The fraction of sp³-hybridized carbons (Fsp3) is 0.556. The van der Waals surface area contributed by atoms with Crippen molar-refractivity contribution in [3.63, 3.8) is 0 Å². The lowest BCUT2D eigenvalue weighted by Crippen LogP contribution is -2.30. The second-order valence-electron chi connectivity index (χ2n) is 6.00. The Hall–Kier alpha value is -2.04. The Labute approximate surface area is 138 Å². The van der Waals surface area contributed by atoms with E-state index in [2.05, 4.69) is 11.4 Å². The molecule has 0 aliphatic carbocycles. The van der Waals surface area contributed by atoms with E-state index in [1.807, 2.05) is 24.0 Å². The van der Waals surface area contributed by atoms with Gasteiger partial charge in [-0.05, 0) is 43.4 Å². The highest BCUT2D eigenvalue weighted by Crippen LogP contribution is 2.34. The van der Waals surface area contributed by atoms with Gasteiger partial charge in [0, 0.05) is 26.4 Å². The molecule has 1 N–H and O–H groups in total. The number of nitrogens with one attached hydrogen (secondary N) is 1. The van der Waals surface area contributed by atoms with E-state index in [0.717, 1.165) is 30.7 Å². The van der Waals surface area contributed by atoms with Gasteiger partial charge in [-0.2, -0.15) is 0 Å². The predicted molar refractivity (Wildman–Crippen MR) is 89.3 cm³/mol. The molecule has 126 valence electrons. The van der Waals surface area contributed by atoms with E-state index in [9.17, 15) is 9.59 Å². The number of rotatable bonds is 6. The molecule has 2 amide bonds. The molecule has 1 aromatic rings. The summed E-state index contributed by atoms with van der Waals surface area (Å²) in [6.07, 6.45) is 3.45. The Balaban J connectivity index is 2.00. The van der Waals surface area contributed by atoms with Crippen LogP contribution in [0.5, 0.6) is 5.75 Å². The lowest BCUT2D eigenvalue weighted by molar-refractivity contribution is -0.132. The molecule has 0 radical (unpaired) electrons. The number of amides is 2. The minimum absolute atomic E-state index is 0.0125. The third kappa shape index (κ3) is 4.24. The van der Waals surface area contributed by atoms with Crippen molar-refractivity contribution in [1.29, 1.82) is 0 Å². The van der Waals surface area contributed by atoms with Crippen LogP contribution < -0.4 is 10.1 Å². The second-order valence-corrected chi connectivity index (χ2v) is 6.00. The number of ether oxygens (including phenoxy) is 1. The van der Waals surface area contributed by atoms with Gasteiger partial charge in [-0.15, -0.1) is 0 Å². The van der Waals surface area contributed by atoms with Crippen molar-refractivity contribution in [3.8, 4) is 5.75 Å². The number of methoxy groups -OCH3 is 1. The van der Waals surface area contributed by atoms with Gasteiger partial charge in [0.05, 0.1) is 13.2 Å². The summed E-state index contributed by atoms with van der Waals surface area (Å²) < 4.78 is 5.30. The first-order valence-corrected chi connectivity index (χ1v) is 8.21. The van der Waals surface area contributed by atoms with Crippen molar-refractivity contribution in [2.45, 2.75) is 45.1 Å². The minimum atomic E-state index is -0.0125. The molecule has 1 aromatic carbocycles. The zero-order chi connectivity index (χ0) is 16.8. The molecule has 2 rings (SSSR count). The molecule has 1 atom stereocenters. The van der Waals surface area contributed by atoms with Crippen molar-refractivity contribution in [2.75, 3.05) is 20.7 Å². The molecule has 23 heavy (non-hydrogen) atoms. The van der Waals surface area contributed by atoms with Crippen molar-refractivity contribution < 1.29 is 14.3 Å². The minimum Gasteiger partial charge on any atom is -0.496 e. The molecule has 0 aromatic heterocycles. The van der Waals surface area contributed by atoms with Gasteiger partial charge in [0.2, 0.25) is 11.8 Å². The second kappa shape index (κ2) is 7.99. The molecule has 5 nitrogen and oxygen atoms in total. The van der Waals surface area contributed by atoms with Crippen molar-refractivity contribution in [3.05, 3.63) is 29.3 Å². The van der Waals surface area contributed by atoms with Crippen molar-refractivity contribution in [1.82, 2.24) is 10.2 Å². The number of carbonyl (C=O) groups excluding carboxylic acids is 2. The fourth-order valence-corrected chi connectivity index (χ4v) is 3.19. The third-order valence-electron chi connectivity index (χ3n) is 4.45. The molecule has 0 saturated carbocycles. The molecule has 1 saturated heterocycles. The van der Waals surface area contributed by atoms with Gasteiger partial charge >= 0.3 is 0 Å². The zero-order valence-electron chi connectivity index (χ0n) is 14.2. The summed E-state index contributed by atoms with van der Waals surface area (Å²) in [6.45, 7) is 2.82. The number of likely N-dealkylation sites (tertiary alicyclic amines) is 1. The van der Waals surface area contributed by atoms with Crippen LogP contribution in [0.4, 0.5) is 0 Å². The maximum absolute atomic E-state index is 12.5. The number of hydrogen-bond acceptors (Lipinski definition) is 3. The molecular formula is C18H26N2O3. The Morgan fingerprint density at radius 1 is 1.35 bits per heavy atom. The third-order valence-corrected chi connectivity index (χ3v) is 4.45. The highest BCUT2D eigenvalue weighted by atomic mass is 16.5. The van der Waals surface area contributed by atoms with Crippen molar-refractivity contribution >= 4 is 11.8 Å². The molecule has 1 aliphatic rings. The average molecular weight is 318 g/mol. The molecular weight excluding hydrogens is 292 g/mol. The first-order valence-electron chi connectivity index (χ1n) is 8.21. The topological polar surface area (TPSA) is 58.6 Å². The molecule has 1 fully saturated rings. The van der Waals surface area contributed by atoms with Crippen LogP contribution >= 0.6 is 0 Å². The van der Waals surface area contributed by atoms with Gasteiger partial charge in [0.25, 0.3) is 0 Å². The van der Waals surface area contributed by atoms with Crippen LogP contribution in [0, 0.1) is 6.92 Å². The SMILES string of the molecule is CNC(=O)CCCC(=O)N1CCCC1c1ccc(OC)c(C)c1. The summed E-state index contributed by atoms with van der Waals surface area (Å²) in [6, 6.07) is 6.27. The maximum Gasteiger partial charge on any atom is 0.223 e. The molecule has 5 heteroatoms. The van der Waals surface area contributed by atoms with E-state index in [-0.39, 0.29) is 17.9 Å². The Morgan fingerprint density at radius 3 is 2.78 bits per heavy atom. The normalized spacial score (nSPS) is 17.2. The number of aryl methyl sites for hydroxylation is 1. The van der Waals surface area contributed by atoms with E-state index >= 15 is 0 Å². The summed E-state index contributed by atoms with van der Waals surface area (Å²) in [7, 11) is 3.28. The van der Waals surface area contributed by atoms with Gasteiger partial charge in [-0.3, -0.25) is 9.59 Å². The van der Waals surface area contributed by atoms with E-state index in [1.165, 1.54) is 5.56 Å². The first kappa shape index (κ1) is 17.3. The van der Waals surface area contributed by atoms with Crippen molar-refractivity contribution in [2.24, 2.45) is 0 Å². The largest absolute Gasteiger partial charge is 0.496 e. The predicted octanol–water partition coefficient (Wildman–Crippen LogP) is 2.58. The Morgan fingerprint density at radius 2 is 2.13 bits per heavy atom. The summed E-state index contributed by atoms with van der Waals surface area (Å²) in [5.41, 5.74) is 2.25. The quantitative estimate of drug-likeness (QED) is 0.877. The van der Waals surface area contributed by atoms with E-state index in [0.29, 0.717) is 19.3 Å². The first-order chi connectivity index (χ1) is 11.1. The summed E-state index contributed by atoms with van der Waals surface area (Å²) in [5, 5.41) is 2.58. The van der Waals surface area contributed by atoms with Crippen LogP contribution in [0.2, 0.25) is 0 Å². The fourth-order valence-electron chi connectivity index (χ4n) is 3.19. The van der Waals surface area contributed by atoms with E-state index in [4.69, 9.17) is 4.74 Å². The van der Waals surface area contributed by atoms with Gasteiger partial charge in [-0.25, -0.2) is 0 Å². The summed E-state index contributed by atoms with van der Waals surface area (Å²) in [4.78, 5) is 25.7. The van der Waals surface area contributed by atoms with Crippen LogP contribution in [0.1, 0.15) is 49.3 Å². The Bertz CT molecular complexity index is 571. The molecule has 0 spiro atoms. The number of benzene rings is 1. The van der Waals surface area contributed by atoms with Crippen LogP contribution in [-0.4, -0.2) is 37.4 Å². The summed E-state index contributed by atoms with van der Waals surface area (Å²) >= 11 is 0. The molecule has 1 unspecified atom stereocenters. The van der Waals surface area contributed by atoms with E-state index < -0.39 is 0 Å². The zero-order valence-corrected chi connectivity index (χ0v) is 14.2. The maximum atomic E-state index is 12.5. The summed E-state index contributed by atoms with van der Waals surface area (Å²) in [5.74, 6) is 1.00. The lowest BCUT2D eigenvalue weighted by atomic mass is 10.0. The average Bonchev–Trinajstić information content (AvgIpc) is 3.04. The smallest absolute Gasteiger partial charge is 0.223 e. The highest BCUT2D eigenvalue weighted by Gasteiger charge is 2.29. The Kier molecular flexibility index (Phi) is 6.02. The van der Waals surface area contributed by atoms with Gasteiger partial charge in [0.15, 0.2) is 0 Å².